The van der Waals surface area contributed by atoms with Crippen molar-refractivity contribution in [1.29, 1.82) is 0 Å². The van der Waals surface area contributed by atoms with Crippen LogP contribution in [0.1, 0.15) is 47.9 Å². The van der Waals surface area contributed by atoms with Gasteiger partial charge in [0.1, 0.15) is 34.7 Å². The first-order chi connectivity index (χ1) is 18.8. The Hall–Kier alpha value is -3.91. The molecule has 1 saturated heterocycles. The van der Waals surface area contributed by atoms with E-state index < -0.39 is 6.10 Å². The smallest absolute Gasteiger partial charge is 0.260 e. The van der Waals surface area contributed by atoms with E-state index in [9.17, 15) is 14.0 Å². The molecule has 3 atom stereocenters. The Kier molecular flexibility index (Phi) is 7.84. The monoisotopic (exact) mass is 532 g/mol. The number of hydrogen-bond acceptors (Lipinski definition) is 6. The van der Waals surface area contributed by atoms with E-state index in [1.165, 1.54) is 19.2 Å². The highest BCUT2D eigenvalue weighted by molar-refractivity contribution is 6.03. The van der Waals surface area contributed by atoms with Crippen molar-refractivity contribution < 1.29 is 28.2 Å². The number of ketones is 1. The van der Waals surface area contributed by atoms with E-state index in [0.29, 0.717) is 36.7 Å². The Labute approximate surface area is 228 Å². The van der Waals surface area contributed by atoms with E-state index in [1.807, 2.05) is 42.2 Å². The van der Waals surface area contributed by atoms with E-state index in [-0.39, 0.29) is 48.4 Å². The molecule has 8 heteroatoms. The lowest BCUT2D eigenvalue weighted by Gasteiger charge is -2.44. The minimum atomic E-state index is -0.402. The zero-order chi connectivity index (χ0) is 27.5. The third-order valence-corrected chi connectivity index (χ3v) is 7.45. The van der Waals surface area contributed by atoms with E-state index in [2.05, 4.69) is 11.8 Å². The van der Waals surface area contributed by atoms with Gasteiger partial charge in [0, 0.05) is 43.9 Å². The van der Waals surface area contributed by atoms with Crippen LogP contribution in [-0.4, -0.2) is 60.4 Å². The highest BCUT2D eigenvalue weighted by Crippen LogP contribution is 2.42. The molecule has 0 bridgehead atoms. The number of Topliss-reactive ketones (excluding diaryl/α,β-unsaturated/α-hetero) is 1. The summed E-state index contributed by atoms with van der Waals surface area (Å²) in [5, 5.41) is 0. The molecule has 3 aromatic carbocycles. The Balaban J connectivity index is 1.26. The zero-order valence-electron chi connectivity index (χ0n) is 22.4. The molecule has 2 aliphatic heterocycles. The highest BCUT2D eigenvalue weighted by Gasteiger charge is 2.34. The zero-order valence-corrected chi connectivity index (χ0v) is 22.4. The molecule has 1 fully saturated rings. The van der Waals surface area contributed by atoms with Crippen LogP contribution in [0.15, 0.2) is 66.7 Å². The Bertz CT molecular complexity index is 1330. The summed E-state index contributed by atoms with van der Waals surface area (Å²) < 4.78 is 30.9. The minimum Gasteiger partial charge on any atom is -0.496 e. The maximum absolute atomic E-state index is 13.3. The molecule has 1 amide bonds. The number of ether oxygens (including phenoxy) is 3. The summed E-state index contributed by atoms with van der Waals surface area (Å²) in [6, 6.07) is 19.5. The molecule has 0 radical (unpaired) electrons. The lowest BCUT2D eigenvalue weighted by molar-refractivity contribution is -0.139. The summed E-state index contributed by atoms with van der Waals surface area (Å²) in [6.07, 6.45) is -0.223. The summed E-state index contributed by atoms with van der Waals surface area (Å²) in [5.41, 5.74) is 2.28. The molecule has 204 valence electrons. The van der Waals surface area contributed by atoms with Crippen LogP contribution in [0.2, 0.25) is 0 Å². The fourth-order valence-corrected chi connectivity index (χ4v) is 5.30. The number of hydrogen-bond donors (Lipinski definition) is 0. The van der Waals surface area contributed by atoms with Crippen LogP contribution in [0.5, 0.6) is 17.2 Å². The van der Waals surface area contributed by atoms with Crippen molar-refractivity contribution in [2.45, 2.75) is 45.0 Å². The molecule has 1 unspecified atom stereocenters. The topological polar surface area (TPSA) is 68.3 Å². The predicted octanol–water partition coefficient (Wildman–Crippen LogP) is 5.04. The Morgan fingerprint density at radius 1 is 1.03 bits per heavy atom. The first-order valence-corrected chi connectivity index (χ1v) is 13.2. The first-order valence-electron chi connectivity index (χ1n) is 13.2. The fourth-order valence-electron chi connectivity index (χ4n) is 5.30. The van der Waals surface area contributed by atoms with Crippen LogP contribution in [0.25, 0.3) is 0 Å². The fraction of sp³-hybridized carbons (Fsp3) is 0.355. The number of fused-ring (bicyclic) bond motifs is 1. The number of halogens is 1. The normalized spacial score (nSPS) is 21.2. The van der Waals surface area contributed by atoms with Crippen LogP contribution in [0.3, 0.4) is 0 Å². The lowest BCUT2D eigenvalue weighted by atomic mass is 9.95. The van der Waals surface area contributed by atoms with E-state index in [0.717, 1.165) is 11.1 Å². The average Bonchev–Trinajstić information content (AvgIpc) is 2.94. The molecule has 0 N–H and O–H groups in total. The molecule has 7 nitrogen and oxygen atoms in total. The van der Waals surface area contributed by atoms with Crippen LogP contribution < -0.4 is 14.2 Å². The van der Waals surface area contributed by atoms with E-state index >= 15 is 0 Å². The van der Waals surface area contributed by atoms with Crippen LogP contribution in [0, 0.1) is 5.82 Å². The number of nitrogens with zero attached hydrogens (tertiary/aromatic N) is 2. The predicted molar refractivity (Wildman–Crippen MR) is 145 cm³/mol. The van der Waals surface area contributed by atoms with Gasteiger partial charge in [0.25, 0.3) is 5.91 Å². The maximum atomic E-state index is 13.3. The van der Waals surface area contributed by atoms with Crippen molar-refractivity contribution in [1.82, 2.24) is 9.80 Å². The van der Waals surface area contributed by atoms with Crippen LogP contribution in [0.4, 0.5) is 4.39 Å². The third-order valence-electron chi connectivity index (χ3n) is 7.45. The third kappa shape index (κ3) is 5.91. The second-order valence-electron chi connectivity index (χ2n) is 10.2. The molecule has 0 spiro atoms. The first kappa shape index (κ1) is 26.7. The molecular weight excluding hydrogens is 499 g/mol. The van der Waals surface area contributed by atoms with Gasteiger partial charge in [-0.25, -0.2) is 4.39 Å². The van der Waals surface area contributed by atoms with Crippen molar-refractivity contribution in [3.8, 4) is 17.2 Å². The molecule has 2 heterocycles. The molecule has 0 aromatic heterocycles. The molecule has 0 saturated carbocycles. The number of benzene rings is 3. The van der Waals surface area contributed by atoms with Gasteiger partial charge in [-0.15, -0.1) is 0 Å². The van der Waals surface area contributed by atoms with Gasteiger partial charge in [0.05, 0.1) is 13.5 Å². The van der Waals surface area contributed by atoms with Gasteiger partial charge in [-0.2, -0.15) is 0 Å². The molecular formula is C31H33FN2O5. The number of carbonyl (C=O) groups is 2. The summed E-state index contributed by atoms with van der Waals surface area (Å²) >= 11 is 0. The molecule has 2 aliphatic rings. The number of piperazine rings is 1. The summed E-state index contributed by atoms with van der Waals surface area (Å²) in [4.78, 5) is 30.6. The summed E-state index contributed by atoms with van der Waals surface area (Å²) in [6.45, 7) is 5.80. The van der Waals surface area contributed by atoms with Gasteiger partial charge in [-0.3, -0.25) is 14.5 Å². The second-order valence-corrected chi connectivity index (χ2v) is 10.2. The van der Waals surface area contributed by atoms with Gasteiger partial charge in [0.2, 0.25) is 0 Å². The molecule has 5 rings (SSSR count). The quantitative estimate of drug-likeness (QED) is 0.425. The minimum absolute atomic E-state index is 0.0337. The van der Waals surface area contributed by atoms with Gasteiger partial charge in [0.15, 0.2) is 12.4 Å². The number of carbonyl (C=O) groups excluding carboxylic acids is 2. The number of methoxy groups -OCH3 is 1. The van der Waals surface area contributed by atoms with Gasteiger partial charge in [-0.1, -0.05) is 42.5 Å². The lowest BCUT2D eigenvalue weighted by Crippen LogP contribution is -2.58. The van der Waals surface area contributed by atoms with Crippen molar-refractivity contribution in [3.63, 3.8) is 0 Å². The highest BCUT2D eigenvalue weighted by atomic mass is 19.1. The number of amides is 1. The molecule has 0 aliphatic carbocycles. The molecule has 39 heavy (non-hydrogen) atoms. The standard InChI is InChI=1S/C31H33FN2O5/c1-20-17-34(21(2)16-33(20)18-22-9-11-24(32)12-10-22)30(36)19-38-28-13-25(37-3)14-29-31(28)26(35)15-27(39-29)23-7-5-4-6-8-23/h4-14,20-21,27H,15-19H2,1-3H3/t20-,21+,27?/m1/s1. The van der Waals surface area contributed by atoms with Gasteiger partial charge in [-0.05, 0) is 37.1 Å². The van der Waals surface area contributed by atoms with Crippen molar-refractivity contribution >= 4 is 11.7 Å². The summed E-state index contributed by atoms with van der Waals surface area (Å²) in [7, 11) is 1.53. The second kappa shape index (κ2) is 11.5. The SMILES string of the molecule is COc1cc(OCC(=O)N2C[C@@H](C)N(Cc3ccc(F)cc3)C[C@@H]2C)c2c(c1)OC(c1ccccc1)CC2=O. The van der Waals surface area contributed by atoms with Crippen LogP contribution in [-0.2, 0) is 11.3 Å². The Morgan fingerprint density at radius 2 is 1.77 bits per heavy atom. The van der Waals surface area contributed by atoms with Crippen LogP contribution >= 0.6 is 0 Å². The van der Waals surface area contributed by atoms with Gasteiger partial charge >= 0.3 is 0 Å². The van der Waals surface area contributed by atoms with E-state index in [1.54, 1.807) is 24.3 Å². The molecule has 3 aromatic rings. The maximum Gasteiger partial charge on any atom is 0.260 e. The van der Waals surface area contributed by atoms with Crippen molar-refractivity contribution in [2.24, 2.45) is 0 Å². The summed E-state index contributed by atoms with van der Waals surface area (Å²) in [5.74, 6) is 0.639. The van der Waals surface area contributed by atoms with E-state index in [4.69, 9.17) is 14.2 Å². The van der Waals surface area contributed by atoms with Crippen molar-refractivity contribution in [3.05, 3.63) is 89.2 Å². The Morgan fingerprint density at radius 3 is 2.49 bits per heavy atom. The van der Waals surface area contributed by atoms with Crippen molar-refractivity contribution in [2.75, 3.05) is 26.8 Å². The largest absolute Gasteiger partial charge is 0.496 e. The number of rotatable bonds is 7. The average molecular weight is 533 g/mol. The van der Waals surface area contributed by atoms with Gasteiger partial charge < -0.3 is 19.1 Å².